The number of hydrogen-bond donors (Lipinski definition) is 1. The molecule has 1 N–H and O–H groups in total. The standard InChI is InChI=1S/C11H10ClIN2O/c1-14-5-10-11(16-6-15-10)8-4-7(12)2-3-9(8)13/h2-4,6,14H,5H2,1H3. The van der Waals surface area contributed by atoms with E-state index in [0.29, 0.717) is 11.6 Å². The van der Waals surface area contributed by atoms with Crippen molar-refractivity contribution in [2.45, 2.75) is 6.54 Å². The molecule has 0 radical (unpaired) electrons. The zero-order chi connectivity index (χ0) is 11.5. The van der Waals surface area contributed by atoms with Gasteiger partial charge in [-0.25, -0.2) is 4.98 Å². The minimum absolute atomic E-state index is 0.675. The largest absolute Gasteiger partial charge is 0.443 e. The van der Waals surface area contributed by atoms with Crippen LogP contribution < -0.4 is 5.32 Å². The number of halogens is 2. The Morgan fingerprint density at radius 1 is 1.50 bits per heavy atom. The molecule has 0 unspecified atom stereocenters. The molecule has 84 valence electrons. The van der Waals surface area contributed by atoms with Crippen LogP contribution in [-0.2, 0) is 6.54 Å². The molecule has 16 heavy (non-hydrogen) atoms. The van der Waals surface area contributed by atoms with Crippen LogP contribution in [0.15, 0.2) is 29.0 Å². The van der Waals surface area contributed by atoms with Gasteiger partial charge in [-0.3, -0.25) is 0 Å². The lowest BCUT2D eigenvalue weighted by Crippen LogP contribution is -2.06. The lowest BCUT2D eigenvalue weighted by atomic mass is 10.1. The van der Waals surface area contributed by atoms with Crippen LogP contribution in [0.25, 0.3) is 11.3 Å². The lowest BCUT2D eigenvalue weighted by molar-refractivity contribution is 0.570. The first-order chi connectivity index (χ1) is 7.72. The molecule has 0 aliphatic carbocycles. The highest BCUT2D eigenvalue weighted by atomic mass is 127. The van der Waals surface area contributed by atoms with Gasteiger partial charge in [0.25, 0.3) is 0 Å². The van der Waals surface area contributed by atoms with E-state index < -0.39 is 0 Å². The van der Waals surface area contributed by atoms with E-state index in [2.05, 4.69) is 32.9 Å². The Bertz CT molecular complexity index is 498. The fraction of sp³-hybridized carbons (Fsp3) is 0.182. The van der Waals surface area contributed by atoms with E-state index in [1.54, 1.807) is 0 Å². The van der Waals surface area contributed by atoms with Crippen LogP contribution in [-0.4, -0.2) is 12.0 Å². The van der Waals surface area contributed by atoms with E-state index in [1.165, 1.54) is 6.39 Å². The first-order valence-electron chi connectivity index (χ1n) is 4.74. The third-order valence-corrected chi connectivity index (χ3v) is 3.33. The summed E-state index contributed by atoms with van der Waals surface area (Å²) in [7, 11) is 1.88. The molecular weight excluding hydrogens is 338 g/mol. The van der Waals surface area contributed by atoms with E-state index in [0.717, 1.165) is 20.6 Å². The van der Waals surface area contributed by atoms with Crippen LogP contribution in [0.5, 0.6) is 0 Å². The molecule has 2 rings (SSSR count). The van der Waals surface area contributed by atoms with Crippen molar-refractivity contribution in [1.29, 1.82) is 0 Å². The summed E-state index contributed by atoms with van der Waals surface area (Å²) in [6, 6.07) is 5.72. The molecule has 0 saturated carbocycles. The van der Waals surface area contributed by atoms with Crippen LogP contribution in [0.4, 0.5) is 0 Å². The van der Waals surface area contributed by atoms with Crippen molar-refractivity contribution in [1.82, 2.24) is 10.3 Å². The average molecular weight is 349 g/mol. The topological polar surface area (TPSA) is 38.1 Å². The fourth-order valence-corrected chi connectivity index (χ4v) is 2.21. The molecule has 1 aromatic carbocycles. The summed E-state index contributed by atoms with van der Waals surface area (Å²) < 4.78 is 6.52. The van der Waals surface area contributed by atoms with Crippen molar-refractivity contribution in [2.24, 2.45) is 0 Å². The van der Waals surface area contributed by atoms with Crippen molar-refractivity contribution in [3.8, 4) is 11.3 Å². The van der Waals surface area contributed by atoms with Crippen molar-refractivity contribution >= 4 is 34.2 Å². The van der Waals surface area contributed by atoms with Crippen LogP contribution in [0, 0.1) is 3.57 Å². The van der Waals surface area contributed by atoms with E-state index in [1.807, 2.05) is 25.2 Å². The van der Waals surface area contributed by atoms with Gasteiger partial charge < -0.3 is 9.73 Å². The number of benzene rings is 1. The van der Waals surface area contributed by atoms with Crippen molar-refractivity contribution in [2.75, 3.05) is 7.05 Å². The number of aromatic nitrogens is 1. The summed E-state index contributed by atoms with van der Waals surface area (Å²) >= 11 is 8.24. The number of oxazole rings is 1. The third kappa shape index (κ3) is 2.39. The highest BCUT2D eigenvalue weighted by Gasteiger charge is 2.13. The highest BCUT2D eigenvalue weighted by molar-refractivity contribution is 14.1. The molecule has 0 atom stereocenters. The molecule has 0 fully saturated rings. The zero-order valence-corrected chi connectivity index (χ0v) is 11.5. The predicted molar refractivity (Wildman–Crippen MR) is 72.4 cm³/mol. The molecule has 0 aliphatic rings. The Balaban J connectivity index is 2.49. The molecule has 1 heterocycles. The van der Waals surface area contributed by atoms with Crippen LogP contribution in [0.1, 0.15) is 5.69 Å². The molecule has 3 nitrogen and oxygen atoms in total. The van der Waals surface area contributed by atoms with Gasteiger partial charge in [-0.05, 0) is 47.8 Å². The molecule has 5 heteroatoms. The van der Waals surface area contributed by atoms with Crippen LogP contribution in [0.3, 0.4) is 0 Å². The quantitative estimate of drug-likeness (QED) is 0.865. The van der Waals surface area contributed by atoms with Crippen molar-refractivity contribution in [3.05, 3.63) is 38.9 Å². The van der Waals surface area contributed by atoms with E-state index >= 15 is 0 Å². The number of nitrogens with zero attached hydrogens (tertiary/aromatic N) is 1. The highest BCUT2D eigenvalue weighted by Crippen LogP contribution is 2.30. The van der Waals surface area contributed by atoms with Crippen LogP contribution in [0.2, 0.25) is 5.02 Å². The second kappa shape index (κ2) is 5.16. The second-order valence-corrected chi connectivity index (χ2v) is 4.88. The summed E-state index contributed by atoms with van der Waals surface area (Å²) in [6.45, 7) is 0.675. The maximum atomic E-state index is 5.98. The number of nitrogens with one attached hydrogen (secondary N) is 1. The normalized spacial score (nSPS) is 10.7. The van der Waals surface area contributed by atoms with Gasteiger partial charge in [0, 0.05) is 20.7 Å². The number of hydrogen-bond acceptors (Lipinski definition) is 3. The summed E-state index contributed by atoms with van der Waals surface area (Å²) in [4.78, 5) is 4.18. The summed E-state index contributed by atoms with van der Waals surface area (Å²) in [5.41, 5.74) is 1.87. The Morgan fingerprint density at radius 2 is 2.31 bits per heavy atom. The molecule has 0 aliphatic heterocycles. The van der Waals surface area contributed by atoms with Gasteiger partial charge in [0.2, 0.25) is 0 Å². The monoisotopic (exact) mass is 348 g/mol. The Labute approximate surface area is 112 Å². The SMILES string of the molecule is CNCc1ncoc1-c1cc(Cl)ccc1I. The Morgan fingerprint density at radius 3 is 3.06 bits per heavy atom. The maximum absolute atomic E-state index is 5.98. The van der Waals surface area contributed by atoms with Crippen molar-refractivity contribution < 1.29 is 4.42 Å². The van der Waals surface area contributed by atoms with E-state index in [4.69, 9.17) is 16.0 Å². The van der Waals surface area contributed by atoms with Gasteiger partial charge in [0.05, 0.1) is 0 Å². The minimum Gasteiger partial charge on any atom is -0.443 e. The Hall–Kier alpha value is -0.590. The molecular formula is C11H10ClIN2O. The maximum Gasteiger partial charge on any atom is 0.181 e. The predicted octanol–water partition coefficient (Wildman–Crippen LogP) is 3.32. The average Bonchev–Trinajstić information content (AvgIpc) is 2.70. The number of rotatable bonds is 3. The lowest BCUT2D eigenvalue weighted by Gasteiger charge is -2.04. The van der Waals surface area contributed by atoms with Crippen LogP contribution >= 0.6 is 34.2 Å². The first kappa shape index (κ1) is 11.9. The molecule has 0 bridgehead atoms. The minimum atomic E-state index is 0.675. The molecule has 0 spiro atoms. The van der Waals surface area contributed by atoms with E-state index in [9.17, 15) is 0 Å². The van der Waals surface area contributed by atoms with Gasteiger partial charge in [-0.1, -0.05) is 11.6 Å². The summed E-state index contributed by atoms with van der Waals surface area (Å²) in [5.74, 6) is 0.779. The summed E-state index contributed by atoms with van der Waals surface area (Å²) in [6.07, 6.45) is 1.46. The molecule has 2 aromatic rings. The van der Waals surface area contributed by atoms with Crippen molar-refractivity contribution in [3.63, 3.8) is 0 Å². The van der Waals surface area contributed by atoms with Gasteiger partial charge in [-0.2, -0.15) is 0 Å². The second-order valence-electron chi connectivity index (χ2n) is 3.28. The van der Waals surface area contributed by atoms with Gasteiger partial charge >= 0.3 is 0 Å². The van der Waals surface area contributed by atoms with Gasteiger partial charge in [0.15, 0.2) is 12.2 Å². The molecule has 1 aromatic heterocycles. The summed E-state index contributed by atoms with van der Waals surface area (Å²) in [5, 5.41) is 3.75. The smallest absolute Gasteiger partial charge is 0.181 e. The van der Waals surface area contributed by atoms with E-state index in [-0.39, 0.29) is 0 Å². The van der Waals surface area contributed by atoms with Gasteiger partial charge in [0.1, 0.15) is 5.69 Å². The van der Waals surface area contributed by atoms with Gasteiger partial charge in [-0.15, -0.1) is 0 Å². The fourth-order valence-electron chi connectivity index (χ4n) is 1.45. The molecule has 0 amide bonds. The zero-order valence-electron chi connectivity index (χ0n) is 8.63. The third-order valence-electron chi connectivity index (χ3n) is 2.16. The first-order valence-corrected chi connectivity index (χ1v) is 6.20. The molecule has 0 saturated heterocycles. The Kier molecular flexibility index (Phi) is 3.83.